The standard InChI is InChI=1S/C9H8N2S/c10-9-7(4-6-12-9)8-3-1-2-5-11-8/h1-6H,10H2. The number of nitrogens with two attached hydrogens (primary N) is 1. The average Bonchev–Trinajstić information content (AvgIpc) is 2.53. The van der Waals surface area contributed by atoms with E-state index < -0.39 is 0 Å². The van der Waals surface area contributed by atoms with Crippen molar-refractivity contribution in [1.29, 1.82) is 0 Å². The Kier molecular flexibility index (Phi) is 1.80. The van der Waals surface area contributed by atoms with Crippen LogP contribution in [0.2, 0.25) is 0 Å². The maximum absolute atomic E-state index is 5.75. The molecule has 0 unspecified atom stereocenters. The summed E-state index contributed by atoms with van der Waals surface area (Å²) in [5, 5.41) is 2.80. The Morgan fingerprint density at radius 3 is 2.75 bits per heavy atom. The van der Waals surface area contributed by atoms with E-state index in [-0.39, 0.29) is 0 Å². The smallest absolute Gasteiger partial charge is 0.0951 e. The highest BCUT2D eigenvalue weighted by atomic mass is 32.1. The van der Waals surface area contributed by atoms with Gasteiger partial charge in [-0.25, -0.2) is 0 Å². The molecular formula is C9H8N2S. The van der Waals surface area contributed by atoms with Gasteiger partial charge in [0.25, 0.3) is 0 Å². The van der Waals surface area contributed by atoms with Gasteiger partial charge in [-0.2, -0.15) is 0 Å². The highest BCUT2D eigenvalue weighted by molar-refractivity contribution is 7.14. The minimum absolute atomic E-state index is 0.828. The van der Waals surface area contributed by atoms with Gasteiger partial charge in [-0.15, -0.1) is 11.3 Å². The first-order valence-electron chi connectivity index (χ1n) is 3.62. The summed E-state index contributed by atoms with van der Waals surface area (Å²) in [5.41, 5.74) is 7.72. The van der Waals surface area contributed by atoms with Gasteiger partial charge in [-0.3, -0.25) is 4.98 Å². The van der Waals surface area contributed by atoms with Gasteiger partial charge in [-0.1, -0.05) is 6.07 Å². The Labute approximate surface area is 74.7 Å². The van der Waals surface area contributed by atoms with Crippen LogP contribution in [0.25, 0.3) is 11.3 Å². The summed E-state index contributed by atoms with van der Waals surface area (Å²) in [6, 6.07) is 7.80. The van der Waals surface area contributed by atoms with Crippen molar-refractivity contribution in [1.82, 2.24) is 4.98 Å². The van der Waals surface area contributed by atoms with E-state index in [4.69, 9.17) is 5.73 Å². The number of anilines is 1. The largest absolute Gasteiger partial charge is 0.390 e. The van der Waals surface area contributed by atoms with Crippen molar-refractivity contribution in [2.75, 3.05) is 5.73 Å². The molecule has 2 aromatic heterocycles. The maximum Gasteiger partial charge on any atom is 0.0951 e. The van der Waals surface area contributed by atoms with Crippen molar-refractivity contribution >= 4 is 16.3 Å². The van der Waals surface area contributed by atoms with Crippen molar-refractivity contribution in [2.24, 2.45) is 0 Å². The molecule has 0 spiro atoms. The fraction of sp³-hybridized carbons (Fsp3) is 0. The Morgan fingerprint density at radius 2 is 2.17 bits per heavy atom. The van der Waals surface area contributed by atoms with Gasteiger partial charge in [0.1, 0.15) is 0 Å². The summed E-state index contributed by atoms with van der Waals surface area (Å²) in [7, 11) is 0. The first-order chi connectivity index (χ1) is 5.88. The Balaban J connectivity index is 2.51. The second-order valence-corrected chi connectivity index (χ2v) is 3.36. The van der Waals surface area contributed by atoms with Crippen LogP contribution in [0.3, 0.4) is 0 Å². The first-order valence-corrected chi connectivity index (χ1v) is 4.50. The van der Waals surface area contributed by atoms with Crippen LogP contribution in [0.4, 0.5) is 5.00 Å². The number of thiophene rings is 1. The van der Waals surface area contributed by atoms with Gasteiger partial charge < -0.3 is 5.73 Å². The van der Waals surface area contributed by atoms with Crippen LogP contribution >= 0.6 is 11.3 Å². The van der Waals surface area contributed by atoms with Crippen LogP contribution in [-0.2, 0) is 0 Å². The van der Waals surface area contributed by atoms with E-state index in [1.54, 1.807) is 6.20 Å². The average molecular weight is 176 g/mol. The molecule has 0 aliphatic heterocycles. The zero-order chi connectivity index (χ0) is 8.39. The SMILES string of the molecule is Nc1sccc1-c1ccccn1. The lowest BCUT2D eigenvalue weighted by atomic mass is 10.2. The van der Waals surface area contributed by atoms with Gasteiger partial charge in [-0.05, 0) is 23.6 Å². The van der Waals surface area contributed by atoms with Gasteiger partial charge in [0, 0.05) is 11.8 Å². The zero-order valence-corrected chi connectivity index (χ0v) is 7.21. The predicted molar refractivity (Wildman–Crippen MR) is 52.0 cm³/mol. The number of nitrogen functional groups attached to an aromatic ring is 1. The van der Waals surface area contributed by atoms with E-state index in [9.17, 15) is 0 Å². The molecule has 2 aromatic rings. The third-order valence-electron chi connectivity index (χ3n) is 1.64. The molecule has 0 aromatic carbocycles. The molecule has 0 saturated heterocycles. The van der Waals surface area contributed by atoms with Crippen molar-refractivity contribution in [3.8, 4) is 11.3 Å². The molecular weight excluding hydrogens is 168 g/mol. The second kappa shape index (κ2) is 2.95. The molecule has 2 rings (SSSR count). The molecule has 0 radical (unpaired) electrons. The highest BCUT2D eigenvalue weighted by Gasteiger charge is 2.02. The summed E-state index contributed by atoms with van der Waals surface area (Å²) >= 11 is 1.54. The Morgan fingerprint density at radius 1 is 1.25 bits per heavy atom. The number of rotatable bonds is 1. The molecule has 0 bridgehead atoms. The van der Waals surface area contributed by atoms with Crippen molar-refractivity contribution < 1.29 is 0 Å². The van der Waals surface area contributed by atoms with E-state index in [0.717, 1.165) is 16.3 Å². The molecule has 0 fully saturated rings. The lowest BCUT2D eigenvalue weighted by Gasteiger charge is -1.96. The zero-order valence-electron chi connectivity index (χ0n) is 6.40. The lowest BCUT2D eigenvalue weighted by molar-refractivity contribution is 1.33. The monoisotopic (exact) mass is 176 g/mol. The van der Waals surface area contributed by atoms with Gasteiger partial charge in [0.05, 0.1) is 10.7 Å². The van der Waals surface area contributed by atoms with E-state index in [1.165, 1.54) is 11.3 Å². The lowest BCUT2D eigenvalue weighted by Crippen LogP contribution is -1.85. The molecule has 2 heterocycles. The summed E-state index contributed by atoms with van der Waals surface area (Å²) in [4.78, 5) is 4.21. The van der Waals surface area contributed by atoms with Crippen molar-refractivity contribution in [2.45, 2.75) is 0 Å². The Hall–Kier alpha value is -1.35. The summed E-state index contributed by atoms with van der Waals surface area (Å²) in [5.74, 6) is 0. The normalized spacial score (nSPS) is 10.0. The van der Waals surface area contributed by atoms with E-state index in [1.807, 2.05) is 29.6 Å². The maximum atomic E-state index is 5.75. The van der Waals surface area contributed by atoms with Gasteiger partial charge in [0.15, 0.2) is 0 Å². The number of hydrogen-bond donors (Lipinski definition) is 1. The van der Waals surface area contributed by atoms with Crippen LogP contribution in [0, 0.1) is 0 Å². The molecule has 0 aliphatic carbocycles. The van der Waals surface area contributed by atoms with Gasteiger partial charge >= 0.3 is 0 Å². The minimum Gasteiger partial charge on any atom is -0.390 e. The topological polar surface area (TPSA) is 38.9 Å². The molecule has 12 heavy (non-hydrogen) atoms. The minimum atomic E-state index is 0.828. The predicted octanol–water partition coefficient (Wildman–Crippen LogP) is 2.39. The molecule has 0 atom stereocenters. The molecule has 0 aliphatic rings. The molecule has 2 nitrogen and oxygen atoms in total. The quantitative estimate of drug-likeness (QED) is 0.724. The van der Waals surface area contributed by atoms with Crippen LogP contribution < -0.4 is 5.73 Å². The Bertz CT molecular complexity index is 367. The summed E-state index contributed by atoms with van der Waals surface area (Å²) in [6.45, 7) is 0. The third-order valence-corrected chi connectivity index (χ3v) is 2.38. The molecule has 0 amide bonds. The van der Waals surface area contributed by atoms with Crippen LogP contribution in [-0.4, -0.2) is 4.98 Å². The first kappa shape index (κ1) is 7.31. The third kappa shape index (κ3) is 1.19. The van der Waals surface area contributed by atoms with Crippen LogP contribution in [0.1, 0.15) is 0 Å². The fourth-order valence-corrected chi connectivity index (χ4v) is 1.70. The molecule has 60 valence electrons. The number of nitrogens with zero attached hydrogens (tertiary/aromatic N) is 1. The molecule has 0 saturated carbocycles. The summed E-state index contributed by atoms with van der Waals surface area (Å²) < 4.78 is 0. The number of pyridine rings is 1. The van der Waals surface area contributed by atoms with Crippen molar-refractivity contribution in [3.63, 3.8) is 0 Å². The fourth-order valence-electron chi connectivity index (χ4n) is 1.05. The molecule has 3 heteroatoms. The summed E-state index contributed by atoms with van der Waals surface area (Å²) in [6.07, 6.45) is 1.77. The van der Waals surface area contributed by atoms with Crippen LogP contribution in [0.5, 0.6) is 0 Å². The van der Waals surface area contributed by atoms with Gasteiger partial charge in [0.2, 0.25) is 0 Å². The number of aromatic nitrogens is 1. The highest BCUT2D eigenvalue weighted by Crippen LogP contribution is 2.28. The number of hydrogen-bond acceptors (Lipinski definition) is 3. The van der Waals surface area contributed by atoms with Crippen LogP contribution in [0.15, 0.2) is 35.8 Å². The molecule has 2 N–H and O–H groups in total. The second-order valence-electron chi connectivity index (χ2n) is 2.41. The van der Waals surface area contributed by atoms with E-state index in [0.29, 0.717) is 0 Å². The van der Waals surface area contributed by atoms with Crippen molar-refractivity contribution in [3.05, 3.63) is 35.8 Å². The van der Waals surface area contributed by atoms with E-state index in [2.05, 4.69) is 4.98 Å². The van der Waals surface area contributed by atoms with E-state index >= 15 is 0 Å².